The summed E-state index contributed by atoms with van der Waals surface area (Å²) in [5.74, 6) is -1.17. The fourth-order valence-corrected chi connectivity index (χ4v) is 2.15. The highest BCUT2D eigenvalue weighted by Gasteiger charge is 2.13. The number of pyridine rings is 1. The summed E-state index contributed by atoms with van der Waals surface area (Å²) < 4.78 is 32.7. The number of nitrogens with zero attached hydrogens (tertiary/aromatic N) is 1. The molecule has 110 valence electrons. The van der Waals surface area contributed by atoms with Gasteiger partial charge in [0.1, 0.15) is 17.0 Å². The number of ether oxygens (including phenoxy) is 1. The first-order valence-electron chi connectivity index (χ1n) is 6.57. The summed E-state index contributed by atoms with van der Waals surface area (Å²) in [6.45, 7) is 1.63. The number of carbonyl (C=O) groups is 1. The lowest BCUT2D eigenvalue weighted by molar-refractivity contribution is 0.112. The van der Waals surface area contributed by atoms with Crippen molar-refractivity contribution in [1.29, 1.82) is 0 Å². The van der Waals surface area contributed by atoms with Crippen LogP contribution in [0.2, 0.25) is 0 Å². The number of fused-ring (bicyclic) bond motifs is 1. The van der Waals surface area contributed by atoms with Crippen LogP contribution in [0.25, 0.3) is 10.9 Å². The second-order valence-corrected chi connectivity index (χ2v) is 4.76. The van der Waals surface area contributed by atoms with Crippen molar-refractivity contribution in [2.75, 3.05) is 0 Å². The maximum Gasteiger partial charge on any atom is 0.184 e. The predicted molar refractivity (Wildman–Crippen MR) is 78.3 cm³/mol. The second-order valence-electron chi connectivity index (χ2n) is 4.76. The molecule has 0 unspecified atom stereocenters. The third-order valence-electron chi connectivity index (χ3n) is 3.29. The number of para-hydroxylation sites is 1. The molecule has 0 amide bonds. The van der Waals surface area contributed by atoms with E-state index in [1.165, 1.54) is 6.07 Å². The minimum atomic E-state index is -0.986. The van der Waals surface area contributed by atoms with Crippen LogP contribution in [0.1, 0.15) is 16.1 Å². The normalized spacial score (nSPS) is 10.7. The van der Waals surface area contributed by atoms with E-state index < -0.39 is 11.6 Å². The molecule has 3 nitrogen and oxygen atoms in total. The molecular weight excluding hydrogens is 288 g/mol. The highest BCUT2D eigenvalue weighted by atomic mass is 19.2. The third kappa shape index (κ3) is 2.41. The summed E-state index contributed by atoms with van der Waals surface area (Å²) >= 11 is 0. The molecule has 0 aliphatic rings. The van der Waals surface area contributed by atoms with Crippen molar-refractivity contribution in [3.8, 4) is 11.5 Å². The zero-order valence-electron chi connectivity index (χ0n) is 11.6. The number of benzene rings is 2. The number of aldehydes is 1. The predicted octanol–water partition coefficient (Wildman–Crippen LogP) is 4.43. The topological polar surface area (TPSA) is 39.2 Å². The van der Waals surface area contributed by atoms with Crippen LogP contribution in [0.3, 0.4) is 0 Å². The van der Waals surface area contributed by atoms with E-state index in [1.807, 2.05) is 0 Å². The van der Waals surface area contributed by atoms with Crippen LogP contribution >= 0.6 is 0 Å². The van der Waals surface area contributed by atoms with Crippen LogP contribution in [0.4, 0.5) is 8.78 Å². The Bertz CT molecular complexity index is 878. The SMILES string of the molecule is Cc1nc2c(F)c(F)ccc2cc1Oc1ccccc1C=O. The van der Waals surface area contributed by atoms with Crippen LogP contribution in [0.15, 0.2) is 42.5 Å². The largest absolute Gasteiger partial charge is 0.455 e. The second kappa shape index (κ2) is 5.52. The van der Waals surface area contributed by atoms with Gasteiger partial charge in [-0.05, 0) is 37.3 Å². The van der Waals surface area contributed by atoms with Gasteiger partial charge in [-0.15, -0.1) is 0 Å². The van der Waals surface area contributed by atoms with Crippen molar-refractivity contribution in [2.24, 2.45) is 0 Å². The van der Waals surface area contributed by atoms with E-state index in [-0.39, 0.29) is 5.52 Å². The van der Waals surface area contributed by atoms with Gasteiger partial charge in [0.15, 0.2) is 17.9 Å². The number of hydrogen-bond donors (Lipinski definition) is 0. The number of aryl methyl sites for hydroxylation is 1. The minimum Gasteiger partial charge on any atom is -0.455 e. The summed E-state index contributed by atoms with van der Waals surface area (Å²) in [5.41, 5.74) is 0.749. The van der Waals surface area contributed by atoms with E-state index in [0.717, 1.165) is 6.07 Å². The van der Waals surface area contributed by atoms with E-state index in [9.17, 15) is 13.6 Å². The first-order chi connectivity index (χ1) is 10.6. The van der Waals surface area contributed by atoms with Gasteiger partial charge in [0, 0.05) is 5.39 Å². The Morgan fingerprint density at radius 2 is 1.86 bits per heavy atom. The molecule has 1 heterocycles. The molecule has 5 heteroatoms. The van der Waals surface area contributed by atoms with Crippen LogP contribution in [0.5, 0.6) is 11.5 Å². The summed E-state index contributed by atoms with van der Waals surface area (Å²) in [5, 5.41) is 0.420. The molecule has 0 atom stereocenters. The molecule has 0 bridgehead atoms. The van der Waals surface area contributed by atoms with E-state index in [1.54, 1.807) is 37.3 Å². The molecular formula is C17H11F2NO2. The molecule has 3 aromatic rings. The van der Waals surface area contributed by atoms with Gasteiger partial charge in [0.25, 0.3) is 0 Å². The lowest BCUT2D eigenvalue weighted by atomic mass is 10.1. The molecule has 22 heavy (non-hydrogen) atoms. The standard InChI is InChI=1S/C17H11F2NO2/c1-10-15(22-14-5-3-2-4-12(14)9-21)8-11-6-7-13(18)16(19)17(11)20-10/h2-9H,1H3. The Labute approximate surface area is 125 Å². The fraction of sp³-hybridized carbons (Fsp3) is 0.0588. The van der Waals surface area contributed by atoms with Crippen molar-refractivity contribution in [2.45, 2.75) is 6.92 Å². The maximum absolute atomic E-state index is 13.7. The van der Waals surface area contributed by atoms with E-state index in [0.29, 0.717) is 34.4 Å². The van der Waals surface area contributed by atoms with Crippen LogP contribution in [-0.4, -0.2) is 11.3 Å². The Morgan fingerprint density at radius 3 is 2.64 bits per heavy atom. The summed E-state index contributed by atoms with van der Waals surface area (Å²) in [4.78, 5) is 15.1. The van der Waals surface area contributed by atoms with Gasteiger partial charge in [-0.25, -0.2) is 13.8 Å². The quantitative estimate of drug-likeness (QED) is 0.672. The molecule has 0 saturated heterocycles. The van der Waals surface area contributed by atoms with Crippen LogP contribution in [0, 0.1) is 18.6 Å². The Morgan fingerprint density at radius 1 is 1.09 bits per heavy atom. The Balaban J connectivity index is 2.10. The smallest absolute Gasteiger partial charge is 0.184 e. The Kier molecular flexibility index (Phi) is 3.55. The molecule has 2 aromatic carbocycles. The zero-order valence-corrected chi connectivity index (χ0v) is 11.6. The van der Waals surface area contributed by atoms with Gasteiger partial charge in [0.05, 0.1) is 11.3 Å². The van der Waals surface area contributed by atoms with Gasteiger partial charge in [-0.2, -0.15) is 0 Å². The van der Waals surface area contributed by atoms with E-state index >= 15 is 0 Å². The van der Waals surface area contributed by atoms with Gasteiger partial charge >= 0.3 is 0 Å². The lowest BCUT2D eigenvalue weighted by Crippen LogP contribution is -1.96. The van der Waals surface area contributed by atoms with Crippen molar-refractivity contribution >= 4 is 17.2 Å². The third-order valence-corrected chi connectivity index (χ3v) is 3.29. The van der Waals surface area contributed by atoms with E-state index in [4.69, 9.17) is 4.74 Å². The van der Waals surface area contributed by atoms with Crippen molar-refractivity contribution in [3.05, 3.63) is 65.4 Å². The molecule has 0 spiro atoms. The van der Waals surface area contributed by atoms with Crippen molar-refractivity contribution in [3.63, 3.8) is 0 Å². The lowest BCUT2D eigenvalue weighted by Gasteiger charge is -2.11. The van der Waals surface area contributed by atoms with Crippen LogP contribution in [-0.2, 0) is 0 Å². The average Bonchev–Trinajstić information content (AvgIpc) is 2.53. The minimum absolute atomic E-state index is 0.0477. The van der Waals surface area contributed by atoms with Crippen molar-refractivity contribution in [1.82, 2.24) is 4.98 Å². The maximum atomic E-state index is 13.7. The first-order valence-corrected chi connectivity index (χ1v) is 6.57. The van der Waals surface area contributed by atoms with Gasteiger partial charge in [-0.3, -0.25) is 4.79 Å². The molecule has 3 rings (SSSR count). The molecule has 1 aromatic heterocycles. The number of hydrogen-bond acceptors (Lipinski definition) is 3. The average molecular weight is 299 g/mol. The van der Waals surface area contributed by atoms with Gasteiger partial charge in [-0.1, -0.05) is 12.1 Å². The zero-order chi connectivity index (χ0) is 15.7. The number of rotatable bonds is 3. The number of carbonyl (C=O) groups excluding carboxylic acids is 1. The molecule has 0 fully saturated rings. The Hall–Kier alpha value is -2.82. The summed E-state index contributed by atoms with van der Waals surface area (Å²) in [6, 6.07) is 10.8. The fourth-order valence-electron chi connectivity index (χ4n) is 2.15. The summed E-state index contributed by atoms with van der Waals surface area (Å²) in [6.07, 6.45) is 0.689. The van der Waals surface area contributed by atoms with Crippen molar-refractivity contribution < 1.29 is 18.3 Å². The van der Waals surface area contributed by atoms with Crippen LogP contribution < -0.4 is 4.74 Å². The summed E-state index contributed by atoms with van der Waals surface area (Å²) in [7, 11) is 0. The molecule has 0 aliphatic heterocycles. The number of halogens is 2. The highest BCUT2D eigenvalue weighted by molar-refractivity contribution is 5.82. The van der Waals surface area contributed by atoms with Gasteiger partial charge in [0.2, 0.25) is 0 Å². The highest BCUT2D eigenvalue weighted by Crippen LogP contribution is 2.30. The van der Waals surface area contributed by atoms with Gasteiger partial charge < -0.3 is 4.74 Å². The number of aromatic nitrogens is 1. The first kappa shape index (κ1) is 14.1. The monoisotopic (exact) mass is 299 g/mol. The molecule has 0 aliphatic carbocycles. The molecule has 0 saturated carbocycles. The van der Waals surface area contributed by atoms with E-state index in [2.05, 4.69) is 4.98 Å². The molecule has 0 radical (unpaired) electrons. The molecule has 0 N–H and O–H groups in total.